The van der Waals surface area contributed by atoms with Crippen LogP contribution >= 0.6 is 0 Å². The zero-order valence-electron chi connectivity index (χ0n) is 12.5. The second-order valence-corrected chi connectivity index (χ2v) is 5.23. The van der Waals surface area contributed by atoms with E-state index < -0.39 is 6.23 Å². The summed E-state index contributed by atoms with van der Waals surface area (Å²) in [7, 11) is 1.64. The Balaban J connectivity index is 1.73. The summed E-state index contributed by atoms with van der Waals surface area (Å²) in [5, 5.41) is 15.8. The molecule has 0 amide bonds. The molecular formula is C19H19NO2. The molecule has 3 rings (SSSR count). The molecule has 0 fully saturated rings. The van der Waals surface area contributed by atoms with Crippen molar-refractivity contribution in [1.29, 1.82) is 0 Å². The van der Waals surface area contributed by atoms with Crippen LogP contribution < -0.4 is 10.1 Å². The van der Waals surface area contributed by atoms with Crippen molar-refractivity contribution in [2.45, 2.75) is 12.6 Å². The number of aliphatic hydroxyl groups excluding tert-OH is 1. The van der Waals surface area contributed by atoms with Crippen LogP contribution in [0.1, 0.15) is 5.56 Å². The van der Waals surface area contributed by atoms with Crippen LogP contribution in [0.5, 0.6) is 5.75 Å². The maximum atomic E-state index is 10.3. The molecule has 3 aromatic carbocycles. The highest BCUT2D eigenvalue weighted by Crippen LogP contribution is 2.21. The van der Waals surface area contributed by atoms with Gasteiger partial charge in [0.25, 0.3) is 0 Å². The van der Waals surface area contributed by atoms with Gasteiger partial charge in [-0.15, -0.1) is 0 Å². The molecule has 0 aliphatic heterocycles. The summed E-state index contributed by atoms with van der Waals surface area (Å²) in [5.74, 6) is 0.800. The monoisotopic (exact) mass is 293 g/mol. The van der Waals surface area contributed by atoms with Crippen molar-refractivity contribution in [2.24, 2.45) is 0 Å². The van der Waals surface area contributed by atoms with Gasteiger partial charge in [0.15, 0.2) is 0 Å². The maximum absolute atomic E-state index is 10.3. The highest BCUT2D eigenvalue weighted by atomic mass is 16.5. The van der Waals surface area contributed by atoms with E-state index in [1.807, 2.05) is 42.5 Å². The van der Waals surface area contributed by atoms with Crippen LogP contribution in [0.25, 0.3) is 10.8 Å². The summed E-state index contributed by atoms with van der Waals surface area (Å²) in [5.41, 5.74) is 2.00. The predicted molar refractivity (Wildman–Crippen MR) is 90.3 cm³/mol. The van der Waals surface area contributed by atoms with Gasteiger partial charge >= 0.3 is 0 Å². The lowest BCUT2D eigenvalue weighted by atomic mass is 10.0. The number of rotatable bonds is 5. The van der Waals surface area contributed by atoms with Crippen molar-refractivity contribution in [3.8, 4) is 5.75 Å². The molecule has 3 aromatic rings. The third kappa shape index (κ3) is 3.21. The maximum Gasteiger partial charge on any atom is 0.128 e. The van der Waals surface area contributed by atoms with E-state index in [0.717, 1.165) is 17.0 Å². The summed E-state index contributed by atoms with van der Waals surface area (Å²) >= 11 is 0. The third-order valence-corrected chi connectivity index (χ3v) is 3.72. The normalized spacial score (nSPS) is 12.1. The van der Waals surface area contributed by atoms with Crippen LogP contribution in [0.2, 0.25) is 0 Å². The van der Waals surface area contributed by atoms with Gasteiger partial charge in [-0.1, -0.05) is 42.5 Å². The van der Waals surface area contributed by atoms with Crippen LogP contribution in [0.3, 0.4) is 0 Å². The fourth-order valence-corrected chi connectivity index (χ4v) is 2.61. The van der Waals surface area contributed by atoms with E-state index in [4.69, 9.17) is 4.74 Å². The van der Waals surface area contributed by atoms with E-state index in [2.05, 4.69) is 29.6 Å². The van der Waals surface area contributed by atoms with Crippen LogP contribution in [-0.4, -0.2) is 18.4 Å². The molecule has 3 heteroatoms. The molecular weight excluding hydrogens is 274 g/mol. The Hall–Kier alpha value is -2.52. The minimum Gasteiger partial charge on any atom is -0.497 e. The number of anilines is 1. The Bertz CT molecular complexity index is 747. The Labute approximate surface area is 130 Å². The molecule has 0 aliphatic carbocycles. The fourth-order valence-electron chi connectivity index (χ4n) is 2.61. The number of aliphatic hydroxyl groups is 1. The van der Waals surface area contributed by atoms with Crippen molar-refractivity contribution >= 4 is 16.5 Å². The first kappa shape index (κ1) is 14.4. The van der Waals surface area contributed by atoms with E-state index in [0.29, 0.717) is 6.42 Å². The first-order valence-corrected chi connectivity index (χ1v) is 7.31. The largest absolute Gasteiger partial charge is 0.497 e. The SMILES string of the molecule is COc1ccc(NC(O)Cc2cccc3ccccc23)cc1. The molecule has 112 valence electrons. The first-order chi connectivity index (χ1) is 10.8. The van der Waals surface area contributed by atoms with Gasteiger partial charge in [-0.25, -0.2) is 0 Å². The number of methoxy groups -OCH3 is 1. The molecule has 0 saturated heterocycles. The second kappa shape index (κ2) is 6.50. The molecule has 0 spiro atoms. The minimum absolute atomic E-state index is 0.549. The van der Waals surface area contributed by atoms with Crippen LogP contribution in [-0.2, 0) is 6.42 Å². The Kier molecular flexibility index (Phi) is 4.26. The molecule has 22 heavy (non-hydrogen) atoms. The number of fused-ring (bicyclic) bond motifs is 1. The predicted octanol–water partition coefficient (Wildman–Crippen LogP) is 3.82. The zero-order chi connectivity index (χ0) is 15.4. The summed E-state index contributed by atoms with van der Waals surface area (Å²) in [6, 6.07) is 21.9. The molecule has 0 heterocycles. The second-order valence-electron chi connectivity index (χ2n) is 5.23. The van der Waals surface area contributed by atoms with E-state index in [1.54, 1.807) is 7.11 Å². The number of hydrogen-bond acceptors (Lipinski definition) is 3. The molecule has 1 atom stereocenters. The standard InChI is InChI=1S/C19H19NO2/c1-22-17-11-9-16(10-12-17)20-19(21)13-15-7-4-6-14-5-2-3-8-18(14)15/h2-12,19-21H,13H2,1H3. The molecule has 0 aromatic heterocycles. The average Bonchev–Trinajstić information content (AvgIpc) is 2.56. The van der Waals surface area contributed by atoms with Gasteiger partial charge < -0.3 is 15.2 Å². The van der Waals surface area contributed by atoms with Crippen LogP contribution in [0.4, 0.5) is 5.69 Å². The minimum atomic E-state index is -0.640. The van der Waals surface area contributed by atoms with Crippen molar-refractivity contribution in [3.63, 3.8) is 0 Å². The molecule has 0 saturated carbocycles. The number of ether oxygens (including phenoxy) is 1. The highest BCUT2D eigenvalue weighted by molar-refractivity contribution is 5.85. The highest BCUT2D eigenvalue weighted by Gasteiger charge is 2.08. The number of hydrogen-bond donors (Lipinski definition) is 2. The summed E-state index contributed by atoms with van der Waals surface area (Å²) in [6.07, 6.45) is -0.0906. The molecule has 2 N–H and O–H groups in total. The van der Waals surface area contributed by atoms with Gasteiger partial charge in [0.05, 0.1) is 7.11 Å². The lowest BCUT2D eigenvalue weighted by Crippen LogP contribution is -2.21. The fraction of sp³-hybridized carbons (Fsp3) is 0.158. The van der Waals surface area contributed by atoms with Crippen molar-refractivity contribution in [1.82, 2.24) is 0 Å². The van der Waals surface area contributed by atoms with Crippen LogP contribution in [0.15, 0.2) is 66.7 Å². The van der Waals surface area contributed by atoms with Crippen molar-refractivity contribution in [3.05, 3.63) is 72.3 Å². The first-order valence-electron chi connectivity index (χ1n) is 7.31. The Morgan fingerprint density at radius 2 is 1.68 bits per heavy atom. The number of benzene rings is 3. The van der Waals surface area contributed by atoms with Gasteiger partial charge in [0, 0.05) is 12.1 Å². The van der Waals surface area contributed by atoms with Crippen molar-refractivity contribution in [2.75, 3.05) is 12.4 Å². The molecule has 0 bridgehead atoms. The smallest absolute Gasteiger partial charge is 0.128 e. The quantitative estimate of drug-likeness (QED) is 0.703. The van der Waals surface area contributed by atoms with Gasteiger partial charge in [-0.3, -0.25) is 0 Å². The van der Waals surface area contributed by atoms with Crippen LogP contribution in [0, 0.1) is 0 Å². The van der Waals surface area contributed by atoms with Gasteiger partial charge in [0.2, 0.25) is 0 Å². The molecule has 3 nitrogen and oxygen atoms in total. The third-order valence-electron chi connectivity index (χ3n) is 3.72. The van der Waals surface area contributed by atoms with E-state index in [1.165, 1.54) is 10.8 Å². The van der Waals surface area contributed by atoms with Gasteiger partial charge in [0.1, 0.15) is 12.0 Å². The van der Waals surface area contributed by atoms with Gasteiger partial charge in [-0.05, 0) is 40.6 Å². The van der Waals surface area contributed by atoms with Gasteiger partial charge in [-0.2, -0.15) is 0 Å². The Morgan fingerprint density at radius 1 is 0.955 bits per heavy atom. The summed E-state index contributed by atoms with van der Waals surface area (Å²) < 4.78 is 5.13. The molecule has 0 aliphatic rings. The van der Waals surface area contributed by atoms with E-state index in [9.17, 15) is 5.11 Å². The van der Waals surface area contributed by atoms with E-state index >= 15 is 0 Å². The lowest BCUT2D eigenvalue weighted by molar-refractivity contribution is 0.204. The van der Waals surface area contributed by atoms with E-state index in [-0.39, 0.29) is 0 Å². The van der Waals surface area contributed by atoms with Crippen molar-refractivity contribution < 1.29 is 9.84 Å². The Morgan fingerprint density at radius 3 is 2.45 bits per heavy atom. The molecule has 1 unspecified atom stereocenters. The average molecular weight is 293 g/mol. The topological polar surface area (TPSA) is 41.5 Å². The zero-order valence-corrected chi connectivity index (χ0v) is 12.5. The number of nitrogens with one attached hydrogen (secondary N) is 1. The lowest BCUT2D eigenvalue weighted by Gasteiger charge is -2.16. The summed E-state index contributed by atoms with van der Waals surface area (Å²) in [6.45, 7) is 0. The summed E-state index contributed by atoms with van der Waals surface area (Å²) in [4.78, 5) is 0. The molecule has 0 radical (unpaired) electrons.